The number of thioether (sulfide) groups is 1. The molecule has 1 amide bonds. The smallest absolute Gasteiger partial charge is 0.234 e. The van der Waals surface area contributed by atoms with Gasteiger partial charge < -0.3 is 9.88 Å². The van der Waals surface area contributed by atoms with Gasteiger partial charge in [-0.05, 0) is 18.2 Å². The fraction of sp³-hybridized carbons (Fsp3) is 0.154. The van der Waals surface area contributed by atoms with Crippen molar-refractivity contribution in [2.24, 2.45) is 7.05 Å². The number of carbonyl (C=O) groups is 1. The Balaban J connectivity index is 2.00. The van der Waals surface area contributed by atoms with Crippen LogP contribution in [0.4, 0.5) is 5.69 Å². The predicted octanol–water partition coefficient (Wildman–Crippen LogP) is 2.68. The first-order chi connectivity index (χ1) is 9.60. The monoisotopic (exact) mass is 306 g/mol. The van der Waals surface area contributed by atoms with Crippen molar-refractivity contribution in [3.63, 3.8) is 0 Å². The van der Waals surface area contributed by atoms with Crippen LogP contribution in [0.15, 0.2) is 35.7 Å². The molecule has 0 atom stereocenters. The van der Waals surface area contributed by atoms with Gasteiger partial charge in [-0.2, -0.15) is 5.26 Å². The lowest BCUT2D eigenvalue weighted by molar-refractivity contribution is -0.113. The highest BCUT2D eigenvalue weighted by Gasteiger charge is 2.09. The van der Waals surface area contributed by atoms with Gasteiger partial charge in [0.25, 0.3) is 0 Å². The highest BCUT2D eigenvalue weighted by molar-refractivity contribution is 7.99. The molecule has 7 heteroatoms. The molecule has 1 aromatic heterocycles. The molecular formula is C13H11ClN4OS. The number of nitriles is 1. The maximum Gasteiger partial charge on any atom is 0.234 e. The van der Waals surface area contributed by atoms with E-state index in [-0.39, 0.29) is 11.7 Å². The topological polar surface area (TPSA) is 70.7 Å². The molecule has 0 saturated carbocycles. The van der Waals surface area contributed by atoms with Crippen molar-refractivity contribution >= 4 is 35.0 Å². The Kier molecular flexibility index (Phi) is 4.66. The number of rotatable bonds is 4. The fourth-order valence-corrected chi connectivity index (χ4v) is 2.43. The fourth-order valence-electron chi connectivity index (χ4n) is 1.52. The van der Waals surface area contributed by atoms with Crippen LogP contribution in [0.1, 0.15) is 5.56 Å². The average Bonchev–Trinajstić information content (AvgIpc) is 2.82. The number of carbonyl (C=O) groups excluding carboxylic acids is 1. The molecule has 5 nitrogen and oxygen atoms in total. The van der Waals surface area contributed by atoms with Crippen LogP contribution in [-0.4, -0.2) is 21.2 Å². The summed E-state index contributed by atoms with van der Waals surface area (Å²) in [6, 6.07) is 6.75. The van der Waals surface area contributed by atoms with E-state index in [1.165, 1.54) is 11.8 Å². The van der Waals surface area contributed by atoms with Crippen molar-refractivity contribution in [1.82, 2.24) is 9.55 Å². The summed E-state index contributed by atoms with van der Waals surface area (Å²) >= 11 is 7.18. The molecule has 2 rings (SSSR count). The number of halogens is 1. The zero-order valence-electron chi connectivity index (χ0n) is 10.6. The van der Waals surface area contributed by atoms with Gasteiger partial charge in [0.05, 0.1) is 17.0 Å². The largest absolute Gasteiger partial charge is 0.329 e. The van der Waals surface area contributed by atoms with E-state index in [1.807, 2.05) is 23.9 Å². The van der Waals surface area contributed by atoms with Crippen molar-refractivity contribution in [3.05, 3.63) is 41.2 Å². The number of nitrogens with one attached hydrogen (secondary N) is 1. The van der Waals surface area contributed by atoms with Gasteiger partial charge in [0.2, 0.25) is 5.91 Å². The Morgan fingerprint density at radius 3 is 3.05 bits per heavy atom. The Labute approximate surface area is 125 Å². The maximum absolute atomic E-state index is 11.9. The minimum Gasteiger partial charge on any atom is -0.329 e. The number of imidazole rings is 1. The molecule has 0 aliphatic rings. The van der Waals surface area contributed by atoms with Crippen molar-refractivity contribution in [2.45, 2.75) is 5.16 Å². The van der Waals surface area contributed by atoms with Gasteiger partial charge >= 0.3 is 0 Å². The molecule has 0 bridgehead atoms. The second-order valence-corrected chi connectivity index (χ2v) is 5.34. The zero-order chi connectivity index (χ0) is 14.5. The second-order valence-electron chi connectivity index (χ2n) is 3.96. The molecule has 0 fully saturated rings. The van der Waals surface area contributed by atoms with Crippen molar-refractivity contribution in [1.29, 1.82) is 5.26 Å². The molecule has 0 aliphatic carbocycles. The summed E-state index contributed by atoms with van der Waals surface area (Å²) in [4.78, 5) is 16.0. The number of nitrogens with zero attached hydrogens (tertiary/aromatic N) is 3. The van der Waals surface area contributed by atoms with Crippen LogP contribution >= 0.6 is 23.4 Å². The van der Waals surface area contributed by atoms with E-state index in [4.69, 9.17) is 16.9 Å². The third kappa shape index (κ3) is 3.53. The van der Waals surface area contributed by atoms with E-state index in [9.17, 15) is 4.79 Å². The normalized spacial score (nSPS) is 10.1. The Morgan fingerprint density at radius 2 is 2.40 bits per heavy atom. The standard InChI is InChI=1S/C13H11ClN4OS/c1-18-5-4-16-13(18)20-8-12(19)17-11-6-10(14)3-2-9(11)7-15/h2-6H,8H2,1H3,(H,17,19). The van der Waals surface area contributed by atoms with Crippen LogP contribution in [0.5, 0.6) is 0 Å². The summed E-state index contributed by atoms with van der Waals surface area (Å²) in [6.45, 7) is 0. The van der Waals surface area contributed by atoms with Crippen LogP contribution in [0, 0.1) is 11.3 Å². The third-order valence-electron chi connectivity index (χ3n) is 2.49. The van der Waals surface area contributed by atoms with E-state index in [2.05, 4.69) is 10.3 Å². The summed E-state index contributed by atoms with van der Waals surface area (Å²) in [5.74, 6) is -0.000776. The van der Waals surface area contributed by atoms with Crippen LogP contribution in [0.25, 0.3) is 0 Å². The molecule has 102 valence electrons. The summed E-state index contributed by atoms with van der Waals surface area (Å²) in [5, 5.41) is 12.9. The summed E-state index contributed by atoms with van der Waals surface area (Å²) in [6.07, 6.45) is 3.48. The number of anilines is 1. The number of aryl methyl sites for hydroxylation is 1. The molecule has 2 aromatic rings. The van der Waals surface area contributed by atoms with Gasteiger partial charge in [-0.3, -0.25) is 4.79 Å². The first kappa shape index (κ1) is 14.4. The minimum absolute atomic E-state index is 0.211. The molecule has 0 aliphatic heterocycles. The molecule has 1 aromatic carbocycles. The van der Waals surface area contributed by atoms with Crippen LogP contribution in [0.2, 0.25) is 5.02 Å². The average molecular weight is 307 g/mol. The van der Waals surface area contributed by atoms with Crippen molar-refractivity contribution in [3.8, 4) is 6.07 Å². The Bertz CT molecular complexity index is 677. The first-order valence-corrected chi connectivity index (χ1v) is 7.06. The van der Waals surface area contributed by atoms with E-state index < -0.39 is 0 Å². The summed E-state index contributed by atoms with van der Waals surface area (Å²) in [7, 11) is 1.86. The predicted molar refractivity (Wildman–Crippen MR) is 78.7 cm³/mol. The lowest BCUT2D eigenvalue weighted by Gasteiger charge is -2.07. The highest BCUT2D eigenvalue weighted by Crippen LogP contribution is 2.21. The summed E-state index contributed by atoms with van der Waals surface area (Å²) < 4.78 is 1.83. The lowest BCUT2D eigenvalue weighted by Crippen LogP contribution is -2.15. The van der Waals surface area contributed by atoms with E-state index in [0.29, 0.717) is 16.3 Å². The SMILES string of the molecule is Cn1ccnc1SCC(=O)Nc1cc(Cl)ccc1C#N. The minimum atomic E-state index is -0.211. The number of aromatic nitrogens is 2. The molecular weight excluding hydrogens is 296 g/mol. The number of hydrogen-bond acceptors (Lipinski definition) is 4. The number of hydrogen-bond donors (Lipinski definition) is 1. The van der Waals surface area contributed by atoms with Gasteiger partial charge in [-0.25, -0.2) is 4.98 Å². The molecule has 0 radical (unpaired) electrons. The van der Waals surface area contributed by atoms with Crippen LogP contribution < -0.4 is 5.32 Å². The van der Waals surface area contributed by atoms with Crippen molar-refractivity contribution in [2.75, 3.05) is 11.1 Å². The quantitative estimate of drug-likeness (QED) is 0.882. The van der Waals surface area contributed by atoms with Gasteiger partial charge in [-0.1, -0.05) is 23.4 Å². The maximum atomic E-state index is 11.9. The van der Waals surface area contributed by atoms with Crippen molar-refractivity contribution < 1.29 is 4.79 Å². The van der Waals surface area contributed by atoms with Gasteiger partial charge in [0.1, 0.15) is 6.07 Å². The second kappa shape index (κ2) is 6.46. The lowest BCUT2D eigenvalue weighted by atomic mass is 10.2. The third-order valence-corrected chi connectivity index (χ3v) is 3.78. The number of amides is 1. The van der Waals surface area contributed by atoms with E-state index >= 15 is 0 Å². The van der Waals surface area contributed by atoms with Gasteiger partial charge in [0.15, 0.2) is 5.16 Å². The Morgan fingerprint density at radius 1 is 1.60 bits per heavy atom. The molecule has 0 unspecified atom stereocenters. The van der Waals surface area contributed by atoms with E-state index in [0.717, 1.165) is 5.16 Å². The highest BCUT2D eigenvalue weighted by atomic mass is 35.5. The van der Waals surface area contributed by atoms with E-state index in [1.54, 1.807) is 24.4 Å². The summed E-state index contributed by atoms with van der Waals surface area (Å²) in [5.41, 5.74) is 0.801. The van der Waals surface area contributed by atoms with Crippen LogP contribution in [0.3, 0.4) is 0 Å². The molecule has 1 heterocycles. The molecule has 0 saturated heterocycles. The molecule has 1 N–H and O–H groups in total. The van der Waals surface area contributed by atoms with Crippen LogP contribution in [-0.2, 0) is 11.8 Å². The molecule has 0 spiro atoms. The van der Waals surface area contributed by atoms with Gasteiger partial charge in [-0.15, -0.1) is 0 Å². The zero-order valence-corrected chi connectivity index (χ0v) is 12.2. The Hall–Kier alpha value is -1.97. The van der Waals surface area contributed by atoms with Gasteiger partial charge in [0, 0.05) is 24.5 Å². The molecule has 20 heavy (non-hydrogen) atoms. The number of benzene rings is 1. The first-order valence-electron chi connectivity index (χ1n) is 5.70.